The summed E-state index contributed by atoms with van der Waals surface area (Å²) in [5, 5.41) is 0. The van der Waals surface area contributed by atoms with Gasteiger partial charge in [-0.1, -0.05) is 22.9 Å². The molecule has 0 radical (unpaired) electrons. The summed E-state index contributed by atoms with van der Waals surface area (Å²) in [4.78, 5) is 0. The molecular weight excluding hydrogens is 216 g/mol. The van der Waals surface area contributed by atoms with Gasteiger partial charge in [-0.2, -0.15) is 0 Å². The number of aryl methyl sites for hydroxylation is 2. The Morgan fingerprint density at radius 2 is 2.17 bits per heavy atom. The molecule has 0 heterocycles. The molecule has 0 fully saturated rings. The van der Waals surface area contributed by atoms with Crippen molar-refractivity contribution in [3.8, 4) is 0 Å². The zero-order valence-electron chi connectivity index (χ0n) is 7.32. The molecule has 3 heteroatoms. The van der Waals surface area contributed by atoms with Gasteiger partial charge in [-0.15, -0.1) is 0 Å². The Balaban J connectivity index is 3.24. The van der Waals surface area contributed by atoms with E-state index in [1.165, 1.54) is 11.1 Å². The molecule has 12 heavy (non-hydrogen) atoms. The van der Waals surface area contributed by atoms with Crippen molar-refractivity contribution in [2.75, 3.05) is 5.43 Å². The van der Waals surface area contributed by atoms with E-state index in [-0.39, 0.29) is 0 Å². The fourth-order valence-corrected chi connectivity index (χ4v) is 1.92. The predicted octanol–water partition coefficient (Wildman–Crippen LogP) is 2.61. The van der Waals surface area contributed by atoms with E-state index < -0.39 is 0 Å². The molecule has 0 aliphatic rings. The minimum atomic E-state index is 0.986. The Hall–Kier alpha value is -0.540. The van der Waals surface area contributed by atoms with Gasteiger partial charge < -0.3 is 5.43 Å². The van der Waals surface area contributed by atoms with E-state index in [0.29, 0.717) is 0 Å². The van der Waals surface area contributed by atoms with Crippen LogP contribution in [0.2, 0.25) is 0 Å². The summed E-state index contributed by atoms with van der Waals surface area (Å²) in [5.74, 6) is 5.41. The highest BCUT2D eigenvalue weighted by Gasteiger charge is 2.03. The van der Waals surface area contributed by atoms with Gasteiger partial charge >= 0.3 is 0 Å². The molecule has 2 nitrogen and oxygen atoms in total. The Morgan fingerprint density at radius 1 is 1.50 bits per heavy atom. The van der Waals surface area contributed by atoms with Gasteiger partial charge in [0.2, 0.25) is 0 Å². The van der Waals surface area contributed by atoms with Gasteiger partial charge in [0.15, 0.2) is 0 Å². The van der Waals surface area contributed by atoms with Crippen LogP contribution in [0.15, 0.2) is 16.6 Å². The average Bonchev–Trinajstić information content (AvgIpc) is 2.03. The van der Waals surface area contributed by atoms with Crippen molar-refractivity contribution in [3.63, 3.8) is 0 Å². The second-order valence-electron chi connectivity index (χ2n) is 2.75. The van der Waals surface area contributed by atoms with Gasteiger partial charge in [0.25, 0.3) is 0 Å². The third-order valence-corrected chi connectivity index (χ3v) is 2.37. The summed E-state index contributed by atoms with van der Waals surface area (Å²) in [6.07, 6.45) is 0.986. The highest BCUT2D eigenvalue weighted by atomic mass is 79.9. The number of nitrogens with two attached hydrogens (primary N) is 1. The summed E-state index contributed by atoms with van der Waals surface area (Å²) in [6, 6.07) is 4.14. The lowest BCUT2D eigenvalue weighted by atomic mass is 10.1. The quantitative estimate of drug-likeness (QED) is 0.604. The molecule has 1 rings (SSSR count). The van der Waals surface area contributed by atoms with Crippen molar-refractivity contribution in [1.82, 2.24) is 0 Å². The van der Waals surface area contributed by atoms with Gasteiger partial charge in [-0.3, -0.25) is 5.84 Å². The second kappa shape index (κ2) is 3.92. The van der Waals surface area contributed by atoms with Crippen LogP contribution >= 0.6 is 15.9 Å². The van der Waals surface area contributed by atoms with Crippen LogP contribution in [-0.4, -0.2) is 0 Å². The lowest BCUT2D eigenvalue weighted by molar-refractivity contribution is 1.11. The normalized spacial score (nSPS) is 10.0. The molecule has 3 N–H and O–H groups in total. The molecule has 0 aliphatic carbocycles. The van der Waals surface area contributed by atoms with E-state index in [4.69, 9.17) is 5.84 Å². The van der Waals surface area contributed by atoms with Crippen molar-refractivity contribution in [1.29, 1.82) is 0 Å². The van der Waals surface area contributed by atoms with Crippen LogP contribution in [0.1, 0.15) is 18.1 Å². The van der Waals surface area contributed by atoms with Crippen molar-refractivity contribution in [2.24, 2.45) is 5.84 Å². The first-order valence-electron chi connectivity index (χ1n) is 3.94. The largest absolute Gasteiger partial charge is 0.324 e. The van der Waals surface area contributed by atoms with Gasteiger partial charge in [0.05, 0.1) is 5.69 Å². The number of hydrogen-bond donors (Lipinski definition) is 2. The summed E-state index contributed by atoms with van der Waals surface area (Å²) in [7, 11) is 0. The van der Waals surface area contributed by atoms with E-state index >= 15 is 0 Å². The molecule has 0 bridgehead atoms. The molecule has 0 atom stereocenters. The summed E-state index contributed by atoms with van der Waals surface area (Å²) >= 11 is 3.45. The van der Waals surface area contributed by atoms with E-state index in [0.717, 1.165) is 16.6 Å². The van der Waals surface area contributed by atoms with Gasteiger partial charge in [0.1, 0.15) is 0 Å². The number of hydrogen-bond acceptors (Lipinski definition) is 2. The fourth-order valence-electron chi connectivity index (χ4n) is 1.30. The smallest absolute Gasteiger partial charge is 0.0546 e. The molecule has 0 saturated heterocycles. The SMILES string of the molecule is CCc1cc(Br)cc(C)c1NN. The van der Waals surface area contributed by atoms with Crippen LogP contribution in [0, 0.1) is 6.92 Å². The molecule has 1 aromatic rings. The van der Waals surface area contributed by atoms with Crippen molar-refractivity contribution in [3.05, 3.63) is 27.7 Å². The first-order chi connectivity index (χ1) is 5.69. The highest BCUT2D eigenvalue weighted by molar-refractivity contribution is 9.10. The highest BCUT2D eigenvalue weighted by Crippen LogP contribution is 2.25. The summed E-state index contributed by atoms with van der Waals surface area (Å²) in [5.41, 5.74) is 6.17. The molecule has 0 aliphatic heterocycles. The number of nitrogens with one attached hydrogen (secondary N) is 1. The molecule has 0 spiro atoms. The molecule has 0 saturated carbocycles. The zero-order chi connectivity index (χ0) is 9.14. The van der Waals surface area contributed by atoms with Gasteiger partial charge in [-0.05, 0) is 36.6 Å². The first kappa shape index (κ1) is 9.55. The summed E-state index contributed by atoms with van der Waals surface area (Å²) in [6.45, 7) is 4.15. The first-order valence-corrected chi connectivity index (χ1v) is 4.74. The third-order valence-electron chi connectivity index (χ3n) is 1.91. The number of benzene rings is 1. The van der Waals surface area contributed by atoms with Crippen molar-refractivity contribution >= 4 is 21.6 Å². The van der Waals surface area contributed by atoms with Crippen LogP contribution in [0.5, 0.6) is 0 Å². The molecule has 0 unspecified atom stereocenters. The Morgan fingerprint density at radius 3 is 2.67 bits per heavy atom. The van der Waals surface area contributed by atoms with Crippen LogP contribution in [0.4, 0.5) is 5.69 Å². The fraction of sp³-hybridized carbons (Fsp3) is 0.333. The molecular formula is C9H13BrN2. The Bertz CT molecular complexity index is 284. The van der Waals surface area contributed by atoms with Gasteiger partial charge in [0, 0.05) is 4.47 Å². The molecule has 0 amide bonds. The maximum atomic E-state index is 5.41. The summed E-state index contributed by atoms with van der Waals surface area (Å²) < 4.78 is 1.11. The second-order valence-corrected chi connectivity index (χ2v) is 3.67. The number of nitrogen functional groups attached to an aromatic ring is 1. The van der Waals surface area contributed by atoms with E-state index in [1.807, 2.05) is 13.0 Å². The molecule has 66 valence electrons. The van der Waals surface area contributed by atoms with Crippen LogP contribution in [-0.2, 0) is 6.42 Å². The maximum absolute atomic E-state index is 5.41. The molecule has 1 aromatic carbocycles. The third kappa shape index (κ3) is 1.79. The van der Waals surface area contributed by atoms with Gasteiger partial charge in [-0.25, -0.2) is 0 Å². The Labute approximate surface area is 81.3 Å². The maximum Gasteiger partial charge on any atom is 0.0546 e. The molecule has 0 aromatic heterocycles. The standard InChI is InChI=1S/C9H13BrN2/c1-3-7-5-8(10)4-6(2)9(7)12-11/h4-5,12H,3,11H2,1-2H3. The number of hydrazine groups is 1. The van der Waals surface area contributed by atoms with Crippen LogP contribution < -0.4 is 11.3 Å². The Kier molecular flexibility index (Phi) is 3.12. The number of rotatable bonds is 2. The monoisotopic (exact) mass is 228 g/mol. The van der Waals surface area contributed by atoms with Crippen molar-refractivity contribution in [2.45, 2.75) is 20.3 Å². The van der Waals surface area contributed by atoms with E-state index in [9.17, 15) is 0 Å². The minimum absolute atomic E-state index is 0.986. The topological polar surface area (TPSA) is 38.0 Å². The van der Waals surface area contributed by atoms with E-state index in [2.05, 4.69) is 34.3 Å². The lowest BCUT2D eigenvalue weighted by Crippen LogP contribution is -2.10. The van der Waals surface area contributed by atoms with Crippen LogP contribution in [0.25, 0.3) is 0 Å². The lowest BCUT2D eigenvalue weighted by Gasteiger charge is -2.10. The number of anilines is 1. The number of halogens is 1. The zero-order valence-corrected chi connectivity index (χ0v) is 8.90. The minimum Gasteiger partial charge on any atom is -0.324 e. The van der Waals surface area contributed by atoms with E-state index in [1.54, 1.807) is 0 Å². The van der Waals surface area contributed by atoms with Crippen LogP contribution in [0.3, 0.4) is 0 Å². The van der Waals surface area contributed by atoms with Crippen molar-refractivity contribution < 1.29 is 0 Å². The predicted molar refractivity (Wildman–Crippen MR) is 56.1 cm³/mol. The average molecular weight is 229 g/mol.